The second kappa shape index (κ2) is 12.9. The van der Waals surface area contributed by atoms with E-state index in [0.29, 0.717) is 16.7 Å². The van der Waals surface area contributed by atoms with E-state index in [2.05, 4.69) is 25.2 Å². The van der Waals surface area contributed by atoms with Gasteiger partial charge >= 0.3 is 0 Å². The van der Waals surface area contributed by atoms with E-state index < -0.39 is 11.6 Å². The van der Waals surface area contributed by atoms with Crippen molar-refractivity contribution in [3.8, 4) is 28.0 Å². The van der Waals surface area contributed by atoms with Crippen LogP contribution in [-0.4, -0.2) is 7.11 Å². The molecule has 1 atom stereocenters. The van der Waals surface area contributed by atoms with Crippen LogP contribution in [0.2, 0.25) is 0 Å². The lowest BCUT2D eigenvalue weighted by molar-refractivity contribution is 0.190. The van der Waals surface area contributed by atoms with E-state index in [4.69, 9.17) is 4.74 Å². The van der Waals surface area contributed by atoms with E-state index in [-0.39, 0.29) is 17.1 Å². The molecule has 5 rings (SSSR count). The van der Waals surface area contributed by atoms with Gasteiger partial charge in [-0.15, -0.1) is 0 Å². The first-order valence-corrected chi connectivity index (χ1v) is 14.7. The van der Waals surface area contributed by atoms with Crippen LogP contribution in [0.3, 0.4) is 0 Å². The Morgan fingerprint density at radius 2 is 1.45 bits per heavy atom. The van der Waals surface area contributed by atoms with Gasteiger partial charge in [0.05, 0.1) is 7.11 Å². The Kier molecular flexibility index (Phi) is 9.14. The maximum absolute atomic E-state index is 15.3. The molecule has 0 aliphatic heterocycles. The molecule has 3 aromatic rings. The molecule has 0 N–H and O–H groups in total. The maximum Gasteiger partial charge on any atom is 0.201 e. The number of ether oxygens (including phenoxy) is 1. The van der Waals surface area contributed by atoms with Crippen LogP contribution in [0.25, 0.3) is 27.8 Å². The molecule has 0 radical (unpaired) electrons. The van der Waals surface area contributed by atoms with Crippen molar-refractivity contribution >= 4 is 5.57 Å². The van der Waals surface area contributed by atoms with Gasteiger partial charge in [-0.2, -0.15) is 4.39 Å². The molecule has 0 aromatic heterocycles. The van der Waals surface area contributed by atoms with E-state index in [0.717, 1.165) is 36.2 Å². The fourth-order valence-corrected chi connectivity index (χ4v) is 6.68. The summed E-state index contributed by atoms with van der Waals surface area (Å²) in [6, 6.07) is 15.2. The molecule has 4 heteroatoms. The highest BCUT2D eigenvalue weighted by molar-refractivity contribution is 5.74. The normalized spacial score (nSPS) is 21.4. The van der Waals surface area contributed by atoms with E-state index in [1.807, 2.05) is 12.1 Å². The zero-order chi connectivity index (χ0) is 28.1. The van der Waals surface area contributed by atoms with E-state index >= 15 is 4.39 Å². The van der Waals surface area contributed by atoms with Crippen molar-refractivity contribution in [3.05, 3.63) is 95.8 Å². The minimum Gasteiger partial charge on any atom is -0.494 e. The highest BCUT2D eigenvalue weighted by Crippen LogP contribution is 2.42. The third-order valence-corrected chi connectivity index (χ3v) is 9.10. The highest BCUT2D eigenvalue weighted by atomic mass is 19.2. The smallest absolute Gasteiger partial charge is 0.201 e. The lowest BCUT2D eigenvalue weighted by Gasteiger charge is -2.35. The predicted molar refractivity (Wildman–Crippen MR) is 159 cm³/mol. The molecule has 1 saturated carbocycles. The van der Waals surface area contributed by atoms with Gasteiger partial charge in [-0.1, -0.05) is 67.5 Å². The van der Waals surface area contributed by atoms with Gasteiger partial charge in [-0.25, -0.2) is 8.78 Å². The van der Waals surface area contributed by atoms with Gasteiger partial charge in [0, 0.05) is 11.1 Å². The highest BCUT2D eigenvalue weighted by Gasteiger charge is 2.28. The van der Waals surface area contributed by atoms with E-state index in [1.165, 1.54) is 69.8 Å². The lowest BCUT2D eigenvalue weighted by Crippen LogP contribution is -2.23. The molecule has 0 saturated heterocycles. The van der Waals surface area contributed by atoms with Gasteiger partial charge in [0.15, 0.2) is 11.6 Å². The average Bonchev–Trinajstić information content (AvgIpc) is 2.99. The maximum atomic E-state index is 15.3. The van der Waals surface area contributed by atoms with Gasteiger partial charge in [0.1, 0.15) is 5.82 Å². The van der Waals surface area contributed by atoms with Crippen molar-refractivity contribution in [1.29, 1.82) is 0 Å². The molecule has 210 valence electrons. The molecule has 1 unspecified atom stereocenters. The lowest BCUT2D eigenvalue weighted by atomic mass is 9.70. The first-order valence-electron chi connectivity index (χ1n) is 14.7. The summed E-state index contributed by atoms with van der Waals surface area (Å²) in [7, 11) is 1.30. The molecule has 3 aromatic carbocycles. The fraction of sp³-hybridized carbons (Fsp3) is 0.389. The molecule has 0 amide bonds. The SMILES string of the molecule is CC=CCCC1CCC(C2CC=C(c3ccc(-c4ccc(-c5ccc(OC)c(F)c5F)cc4)c(F)c3)CC2)CC1. The fourth-order valence-electron chi connectivity index (χ4n) is 6.68. The van der Waals surface area contributed by atoms with Crippen LogP contribution in [0.5, 0.6) is 5.75 Å². The third kappa shape index (κ3) is 6.22. The van der Waals surface area contributed by atoms with Gasteiger partial charge in [-0.05, 0) is 110 Å². The van der Waals surface area contributed by atoms with Crippen molar-refractivity contribution in [2.45, 2.75) is 64.7 Å². The average molecular weight is 545 g/mol. The largest absolute Gasteiger partial charge is 0.494 e. The molecule has 0 spiro atoms. The Bertz CT molecular complexity index is 1360. The number of allylic oxidation sites excluding steroid dienone is 4. The summed E-state index contributed by atoms with van der Waals surface area (Å²) < 4.78 is 48.8. The topological polar surface area (TPSA) is 9.23 Å². The Labute approximate surface area is 236 Å². The summed E-state index contributed by atoms with van der Waals surface area (Å²) in [4.78, 5) is 0. The summed E-state index contributed by atoms with van der Waals surface area (Å²) >= 11 is 0. The number of hydrogen-bond acceptors (Lipinski definition) is 1. The number of benzene rings is 3. The standard InChI is InChI=1S/C36H39F3O/c1-3-4-5-6-24-7-9-25(10-8-24)26-11-13-27(14-12-26)30-19-20-31(33(37)23-30)28-15-17-29(18-16-28)32-21-22-34(40-2)36(39)35(32)38/h3-4,13,15-26H,5-12,14H2,1-2H3. The molecule has 1 fully saturated rings. The van der Waals surface area contributed by atoms with Crippen LogP contribution in [0.4, 0.5) is 13.2 Å². The van der Waals surface area contributed by atoms with Gasteiger partial charge in [-0.3, -0.25) is 0 Å². The molecular formula is C36H39F3O. The molecule has 0 bridgehead atoms. The first kappa shape index (κ1) is 28.3. The number of halogens is 3. The van der Waals surface area contributed by atoms with E-state index in [1.54, 1.807) is 30.3 Å². The van der Waals surface area contributed by atoms with Crippen LogP contribution < -0.4 is 4.74 Å². The summed E-state index contributed by atoms with van der Waals surface area (Å²) in [6.07, 6.45) is 18.1. The summed E-state index contributed by atoms with van der Waals surface area (Å²) in [5.41, 5.74) is 4.05. The quantitative estimate of drug-likeness (QED) is 0.256. The molecule has 2 aliphatic rings. The molecule has 0 heterocycles. The van der Waals surface area contributed by atoms with Crippen LogP contribution in [0.1, 0.15) is 70.3 Å². The van der Waals surface area contributed by atoms with Crippen molar-refractivity contribution < 1.29 is 17.9 Å². The zero-order valence-corrected chi connectivity index (χ0v) is 23.6. The summed E-state index contributed by atoms with van der Waals surface area (Å²) in [5.74, 6) is 0.0997. The Balaban J connectivity index is 1.22. The number of hydrogen-bond donors (Lipinski definition) is 0. The van der Waals surface area contributed by atoms with Crippen molar-refractivity contribution in [2.24, 2.45) is 17.8 Å². The Hall–Kier alpha value is -3.27. The molecular weight excluding hydrogens is 505 g/mol. The van der Waals surface area contributed by atoms with Crippen LogP contribution in [0.15, 0.2) is 72.8 Å². The van der Waals surface area contributed by atoms with E-state index in [9.17, 15) is 8.78 Å². The van der Waals surface area contributed by atoms with Crippen LogP contribution >= 0.6 is 0 Å². The summed E-state index contributed by atoms with van der Waals surface area (Å²) in [5, 5.41) is 0. The number of rotatable bonds is 8. The van der Waals surface area contributed by atoms with Crippen molar-refractivity contribution in [3.63, 3.8) is 0 Å². The van der Waals surface area contributed by atoms with Crippen LogP contribution in [-0.2, 0) is 0 Å². The minimum absolute atomic E-state index is 0.137. The second-order valence-corrected chi connectivity index (χ2v) is 11.4. The monoisotopic (exact) mass is 544 g/mol. The zero-order valence-electron chi connectivity index (χ0n) is 23.6. The third-order valence-electron chi connectivity index (χ3n) is 9.10. The van der Waals surface area contributed by atoms with Gasteiger partial charge in [0.25, 0.3) is 0 Å². The van der Waals surface area contributed by atoms with Gasteiger partial charge in [0.2, 0.25) is 5.82 Å². The van der Waals surface area contributed by atoms with Crippen molar-refractivity contribution in [2.75, 3.05) is 7.11 Å². The van der Waals surface area contributed by atoms with Gasteiger partial charge < -0.3 is 4.74 Å². The summed E-state index contributed by atoms with van der Waals surface area (Å²) in [6.45, 7) is 2.10. The Morgan fingerprint density at radius 3 is 2.08 bits per heavy atom. The van der Waals surface area contributed by atoms with Crippen LogP contribution in [0, 0.1) is 35.2 Å². The van der Waals surface area contributed by atoms with Crippen molar-refractivity contribution in [1.82, 2.24) is 0 Å². The molecule has 1 nitrogen and oxygen atoms in total. The number of methoxy groups -OCH3 is 1. The molecule has 40 heavy (non-hydrogen) atoms. The predicted octanol–water partition coefficient (Wildman–Crippen LogP) is 10.8. The second-order valence-electron chi connectivity index (χ2n) is 11.4. The minimum atomic E-state index is -1.02. The Morgan fingerprint density at radius 1 is 0.775 bits per heavy atom. The molecule has 2 aliphatic carbocycles. The first-order chi connectivity index (χ1) is 19.5.